The standard InChI is InChI=1S/C20H25N3O2/c1-13-6-4-8-17(10-13)23-14(2)11-18(15(23)3)20(25)22-9-5-7-16(12-22)19(21)24/h4,6,8,10-11,16H,5,7,9,12H2,1-3H3,(H2,21,24). The van der Waals surface area contributed by atoms with Gasteiger partial charge in [0.15, 0.2) is 0 Å². The second-order valence-corrected chi connectivity index (χ2v) is 6.95. The number of carbonyl (C=O) groups excluding carboxylic acids is 2. The minimum absolute atomic E-state index is 0.0158. The summed E-state index contributed by atoms with van der Waals surface area (Å²) >= 11 is 0. The fourth-order valence-corrected chi connectivity index (χ4v) is 3.71. The van der Waals surface area contributed by atoms with Crippen LogP contribution in [0.5, 0.6) is 0 Å². The maximum Gasteiger partial charge on any atom is 0.255 e. The number of aromatic nitrogens is 1. The number of benzene rings is 1. The fourth-order valence-electron chi connectivity index (χ4n) is 3.71. The lowest BCUT2D eigenvalue weighted by Gasteiger charge is -2.31. The normalized spacial score (nSPS) is 17.6. The van der Waals surface area contributed by atoms with Crippen LogP contribution in [0.25, 0.3) is 5.69 Å². The second kappa shape index (κ2) is 6.75. The maximum absolute atomic E-state index is 13.0. The van der Waals surface area contributed by atoms with E-state index in [1.54, 1.807) is 4.90 Å². The van der Waals surface area contributed by atoms with Gasteiger partial charge < -0.3 is 15.2 Å². The van der Waals surface area contributed by atoms with Crippen LogP contribution in [-0.4, -0.2) is 34.4 Å². The third kappa shape index (κ3) is 3.31. The number of nitrogens with zero attached hydrogens (tertiary/aromatic N) is 2. The predicted molar refractivity (Wildman–Crippen MR) is 97.8 cm³/mol. The average molecular weight is 339 g/mol. The molecule has 2 N–H and O–H groups in total. The molecule has 1 saturated heterocycles. The van der Waals surface area contributed by atoms with Crippen LogP contribution >= 0.6 is 0 Å². The number of nitrogens with two attached hydrogens (primary N) is 1. The highest BCUT2D eigenvalue weighted by Gasteiger charge is 2.29. The Morgan fingerprint density at radius 2 is 1.92 bits per heavy atom. The molecule has 1 aromatic carbocycles. The maximum atomic E-state index is 13.0. The van der Waals surface area contributed by atoms with Crippen LogP contribution in [0.15, 0.2) is 30.3 Å². The van der Waals surface area contributed by atoms with Gasteiger partial charge in [-0.3, -0.25) is 9.59 Å². The van der Waals surface area contributed by atoms with E-state index in [1.165, 1.54) is 5.56 Å². The first kappa shape index (κ1) is 17.3. The van der Waals surface area contributed by atoms with E-state index < -0.39 is 0 Å². The molecule has 132 valence electrons. The van der Waals surface area contributed by atoms with Gasteiger partial charge in [-0.15, -0.1) is 0 Å². The topological polar surface area (TPSA) is 68.3 Å². The van der Waals surface area contributed by atoms with Crippen molar-refractivity contribution in [1.82, 2.24) is 9.47 Å². The number of rotatable bonds is 3. The zero-order valence-electron chi connectivity index (χ0n) is 15.1. The smallest absolute Gasteiger partial charge is 0.255 e. The molecule has 1 atom stereocenters. The van der Waals surface area contributed by atoms with E-state index in [-0.39, 0.29) is 17.7 Å². The largest absolute Gasteiger partial charge is 0.369 e. The molecule has 3 rings (SSSR count). The van der Waals surface area contributed by atoms with E-state index >= 15 is 0 Å². The van der Waals surface area contributed by atoms with Crippen molar-refractivity contribution in [3.63, 3.8) is 0 Å². The number of amides is 2. The highest BCUT2D eigenvalue weighted by atomic mass is 16.2. The van der Waals surface area contributed by atoms with Crippen molar-refractivity contribution in [2.24, 2.45) is 11.7 Å². The molecule has 5 nitrogen and oxygen atoms in total. The molecule has 0 saturated carbocycles. The highest BCUT2D eigenvalue weighted by molar-refractivity contribution is 5.96. The van der Waals surface area contributed by atoms with Crippen molar-refractivity contribution in [2.45, 2.75) is 33.6 Å². The SMILES string of the molecule is Cc1cccc(-n2c(C)cc(C(=O)N3CCCC(C(N)=O)C3)c2C)c1. The van der Waals surface area contributed by atoms with Crippen LogP contribution in [-0.2, 0) is 4.79 Å². The van der Waals surface area contributed by atoms with Gasteiger partial charge in [-0.2, -0.15) is 0 Å². The number of likely N-dealkylation sites (tertiary alicyclic amines) is 1. The number of hydrogen-bond acceptors (Lipinski definition) is 2. The zero-order chi connectivity index (χ0) is 18.1. The summed E-state index contributed by atoms with van der Waals surface area (Å²) in [6.07, 6.45) is 1.58. The number of carbonyl (C=O) groups is 2. The third-order valence-electron chi connectivity index (χ3n) is 5.03. The van der Waals surface area contributed by atoms with E-state index in [1.807, 2.05) is 32.0 Å². The molecular weight excluding hydrogens is 314 g/mol. The summed E-state index contributed by atoms with van der Waals surface area (Å²) in [5, 5.41) is 0. The van der Waals surface area contributed by atoms with Gasteiger partial charge in [0, 0.05) is 30.2 Å². The van der Waals surface area contributed by atoms with Gasteiger partial charge in [0.1, 0.15) is 0 Å². The molecule has 0 radical (unpaired) electrons. The first-order chi connectivity index (χ1) is 11.9. The summed E-state index contributed by atoms with van der Waals surface area (Å²) in [4.78, 5) is 26.3. The number of aryl methyl sites for hydroxylation is 2. The Morgan fingerprint density at radius 3 is 2.60 bits per heavy atom. The molecule has 25 heavy (non-hydrogen) atoms. The Hall–Kier alpha value is -2.56. The van der Waals surface area contributed by atoms with Crippen molar-refractivity contribution in [3.05, 3.63) is 52.8 Å². The molecule has 0 spiro atoms. The van der Waals surface area contributed by atoms with Gasteiger partial charge in [-0.05, 0) is 57.4 Å². The minimum atomic E-state index is -0.317. The van der Waals surface area contributed by atoms with Crippen LogP contribution in [0.1, 0.15) is 40.2 Å². The molecule has 2 heterocycles. The molecule has 5 heteroatoms. The second-order valence-electron chi connectivity index (χ2n) is 6.95. The summed E-state index contributed by atoms with van der Waals surface area (Å²) in [6.45, 7) is 7.13. The van der Waals surface area contributed by atoms with Crippen molar-refractivity contribution >= 4 is 11.8 Å². The lowest BCUT2D eigenvalue weighted by Crippen LogP contribution is -2.44. The number of primary amides is 1. The van der Waals surface area contributed by atoms with E-state index in [2.05, 4.69) is 23.6 Å². The van der Waals surface area contributed by atoms with E-state index in [4.69, 9.17) is 5.73 Å². The molecule has 1 aliphatic rings. The highest BCUT2D eigenvalue weighted by Crippen LogP contribution is 2.25. The summed E-state index contributed by atoms with van der Waals surface area (Å²) in [7, 11) is 0. The van der Waals surface area contributed by atoms with Crippen LogP contribution in [0.4, 0.5) is 0 Å². The van der Waals surface area contributed by atoms with Crippen molar-refractivity contribution < 1.29 is 9.59 Å². The van der Waals surface area contributed by atoms with Crippen molar-refractivity contribution in [1.29, 1.82) is 0 Å². The van der Waals surface area contributed by atoms with Gasteiger partial charge in [0.05, 0.1) is 11.5 Å². The van der Waals surface area contributed by atoms with Gasteiger partial charge >= 0.3 is 0 Å². The van der Waals surface area contributed by atoms with Gasteiger partial charge in [0.2, 0.25) is 5.91 Å². The fraction of sp³-hybridized carbons (Fsp3) is 0.400. The molecule has 0 bridgehead atoms. The minimum Gasteiger partial charge on any atom is -0.369 e. The molecule has 1 unspecified atom stereocenters. The molecule has 2 aromatic rings. The van der Waals surface area contributed by atoms with E-state index in [9.17, 15) is 9.59 Å². The van der Waals surface area contributed by atoms with Gasteiger partial charge in [0.25, 0.3) is 5.91 Å². The molecule has 1 aliphatic heterocycles. The summed E-state index contributed by atoms with van der Waals surface area (Å²) in [5.74, 6) is -0.571. The van der Waals surface area contributed by atoms with Crippen LogP contribution in [0.2, 0.25) is 0 Å². The Bertz CT molecular complexity index is 822. The lowest BCUT2D eigenvalue weighted by molar-refractivity contribution is -0.123. The monoisotopic (exact) mass is 339 g/mol. The van der Waals surface area contributed by atoms with Crippen LogP contribution in [0.3, 0.4) is 0 Å². The molecule has 1 fully saturated rings. The lowest BCUT2D eigenvalue weighted by atomic mass is 9.97. The molecule has 2 amide bonds. The first-order valence-electron chi connectivity index (χ1n) is 8.73. The molecule has 0 aliphatic carbocycles. The van der Waals surface area contributed by atoms with Gasteiger partial charge in [-0.1, -0.05) is 12.1 Å². The van der Waals surface area contributed by atoms with E-state index in [0.717, 1.165) is 29.9 Å². The van der Waals surface area contributed by atoms with Crippen LogP contribution in [0, 0.1) is 26.7 Å². The number of piperidine rings is 1. The third-order valence-corrected chi connectivity index (χ3v) is 5.03. The predicted octanol–water partition coefficient (Wildman–Crippen LogP) is 2.74. The molecular formula is C20H25N3O2. The molecule has 1 aromatic heterocycles. The van der Waals surface area contributed by atoms with Crippen molar-refractivity contribution in [2.75, 3.05) is 13.1 Å². The Kier molecular flexibility index (Phi) is 4.66. The van der Waals surface area contributed by atoms with Gasteiger partial charge in [-0.25, -0.2) is 0 Å². The van der Waals surface area contributed by atoms with Crippen LogP contribution < -0.4 is 5.73 Å². The Balaban J connectivity index is 1.92. The quantitative estimate of drug-likeness (QED) is 0.934. The zero-order valence-corrected chi connectivity index (χ0v) is 15.1. The average Bonchev–Trinajstić information content (AvgIpc) is 2.88. The number of hydrogen-bond donors (Lipinski definition) is 1. The van der Waals surface area contributed by atoms with Crippen molar-refractivity contribution in [3.8, 4) is 5.69 Å². The Morgan fingerprint density at radius 1 is 1.16 bits per heavy atom. The van der Waals surface area contributed by atoms with E-state index in [0.29, 0.717) is 18.7 Å². The Labute approximate surface area is 148 Å². The summed E-state index contributed by atoms with van der Waals surface area (Å²) < 4.78 is 2.11. The summed E-state index contributed by atoms with van der Waals surface area (Å²) in [6, 6.07) is 10.2. The summed E-state index contributed by atoms with van der Waals surface area (Å²) in [5.41, 5.74) is 10.3. The first-order valence-corrected chi connectivity index (χ1v) is 8.73.